The highest BCUT2D eigenvalue weighted by Crippen LogP contribution is 2.29. The fourth-order valence-electron chi connectivity index (χ4n) is 0.889. The first-order valence-corrected chi connectivity index (χ1v) is 6.26. The van der Waals surface area contributed by atoms with E-state index in [9.17, 15) is 4.79 Å². The van der Waals surface area contributed by atoms with Crippen LogP contribution in [-0.4, -0.2) is 4.98 Å². The maximum Gasteiger partial charge on any atom is 0.263 e. The Morgan fingerprint density at radius 3 is 2.86 bits per heavy atom. The Balaban J connectivity index is 2.28. The third-order valence-electron chi connectivity index (χ3n) is 1.50. The van der Waals surface area contributed by atoms with Crippen LogP contribution in [0.25, 0.3) is 0 Å². The van der Waals surface area contributed by atoms with E-state index in [2.05, 4.69) is 10.3 Å². The number of rotatable bonds is 2. The highest BCUT2D eigenvalue weighted by molar-refractivity contribution is 7.70. The zero-order valence-corrected chi connectivity index (χ0v) is 9.25. The summed E-state index contributed by atoms with van der Waals surface area (Å²) in [4.78, 5) is 15.0. The van der Waals surface area contributed by atoms with Crippen LogP contribution in [-0.2, 0) is 0 Å². The summed E-state index contributed by atoms with van der Waals surface area (Å²) < 4.78 is -0.108. The van der Waals surface area contributed by atoms with Crippen molar-refractivity contribution in [2.24, 2.45) is 0 Å². The second-order valence-corrected chi connectivity index (χ2v) is 4.95. The normalized spacial score (nSPS) is 10.1. The minimum absolute atomic E-state index is 0.108. The molecule has 0 saturated heterocycles. The molecule has 0 amide bonds. The number of aromatic nitrogens is 1. The van der Waals surface area contributed by atoms with Crippen molar-refractivity contribution in [3.8, 4) is 0 Å². The first kappa shape index (κ1) is 9.64. The number of nitrogens with one attached hydrogen (secondary N) is 1. The van der Waals surface area contributed by atoms with Crippen molar-refractivity contribution in [3.63, 3.8) is 0 Å². The molecule has 0 radical (unpaired) electrons. The lowest BCUT2D eigenvalue weighted by Crippen LogP contribution is -1.93. The molecular weight excluding hydrogens is 240 g/mol. The predicted octanol–water partition coefficient (Wildman–Crippen LogP) is 2.96. The van der Waals surface area contributed by atoms with Crippen molar-refractivity contribution in [2.75, 3.05) is 5.32 Å². The Morgan fingerprint density at radius 2 is 2.29 bits per heavy atom. The maximum absolute atomic E-state index is 11.1. The lowest BCUT2D eigenvalue weighted by Gasteiger charge is -2.01. The highest BCUT2D eigenvalue weighted by atomic mass is 35.5. The number of anilines is 2. The average Bonchev–Trinajstić information content (AvgIpc) is 2.52. The Morgan fingerprint density at radius 1 is 1.43 bits per heavy atom. The number of hydrogen-bond donors (Lipinski definition) is 1. The molecule has 14 heavy (non-hydrogen) atoms. The Bertz CT molecular complexity index is 480. The Kier molecular flexibility index (Phi) is 2.81. The molecule has 0 unspecified atom stereocenters. The van der Waals surface area contributed by atoms with E-state index < -0.39 is 0 Å². The van der Waals surface area contributed by atoms with Crippen molar-refractivity contribution in [3.05, 3.63) is 39.1 Å². The van der Waals surface area contributed by atoms with E-state index in [1.165, 1.54) is 10.3 Å². The summed E-state index contributed by atoms with van der Waals surface area (Å²) in [5, 5.41) is 3.96. The SMILES string of the molecule is O=c1ssc(Nc2cccnc2)c1Cl. The largest absolute Gasteiger partial charge is 0.344 e. The predicted molar refractivity (Wildman–Crippen MR) is 61.0 cm³/mol. The lowest BCUT2D eigenvalue weighted by molar-refractivity contribution is 1.32. The molecule has 0 spiro atoms. The molecule has 0 saturated carbocycles. The summed E-state index contributed by atoms with van der Waals surface area (Å²) in [6.07, 6.45) is 3.36. The molecule has 2 rings (SSSR count). The van der Waals surface area contributed by atoms with Gasteiger partial charge in [-0.2, -0.15) is 0 Å². The van der Waals surface area contributed by atoms with E-state index in [1.54, 1.807) is 12.4 Å². The molecule has 0 bridgehead atoms. The third kappa shape index (κ3) is 1.95. The van der Waals surface area contributed by atoms with Crippen molar-refractivity contribution < 1.29 is 0 Å². The molecule has 0 aliphatic heterocycles. The van der Waals surface area contributed by atoms with E-state index in [0.717, 1.165) is 16.0 Å². The summed E-state index contributed by atoms with van der Waals surface area (Å²) in [7, 11) is 2.45. The third-order valence-corrected chi connectivity index (χ3v) is 4.20. The van der Waals surface area contributed by atoms with Gasteiger partial charge in [0.05, 0.1) is 11.9 Å². The van der Waals surface area contributed by atoms with Crippen LogP contribution in [0.3, 0.4) is 0 Å². The quantitative estimate of drug-likeness (QED) is 0.826. The van der Waals surface area contributed by atoms with Crippen LogP contribution in [0.15, 0.2) is 29.3 Å². The second-order valence-electron chi connectivity index (χ2n) is 2.46. The molecule has 1 N–H and O–H groups in total. The minimum atomic E-state index is -0.108. The topological polar surface area (TPSA) is 42.0 Å². The zero-order chi connectivity index (χ0) is 9.97. The van der Waals surface area contributed by atoms with Gasteiger partial charge in [-0.15, -0.1) is 0 Å². The summed E-state index contributed by atoms with van der Waals surface area (Å²) in [5.41, 5.74) is 0.823. The maximum atomic E-state index is 11.1. The van der Waals surface area contributed by atoms with Gasteiger partial charge >= 0.3 is 0 Å². The van der Waals surface area contributed by atoms with Crippen LogP contribution in [0.1, 0.15) is 0 Å². The number of nitrogens with zero attached hydrogens (tertiary/aromatic N) is 1. The minimum Gasteiger partial charge on any atom is -0.344 e. The zero-order valence-electron chi connectivity index (χ0n) is 6.86. The van der Waals surface area contributed by atoms with Crippen LogP contribution in [0.2, 0.25) is 5.02 Å². The van der Waals surface area contributed by atoms with Gasteiger partial charge in [0.1, 0.15) is 10.0 Å². The molecule has 0 aliphatic carbocycles. The standard InChI is InChI=1S/C8H5ClN2OS2/c9-6-7(13-14-8(6)12)11-5-2-1-3-10-4-5/h1-4,11H. The molecule has 2 heterocycles. The van der Waals surface area contributed by atoms with Gasteiger partial charge in [-0.05, 0) is 22.5 Å². The molecule has 0 fully saturated rings. The number of hydrogen-bond acceptors (Lipinski definition) is 5. The van der Waals surface area contributed by atoms with Gasteiger partial charge < -0.3 is 5.32 Å². The Labute approximate surface area is 92.4 Å². The number of halogens is 1. The fourth-order valence-corrected chi connectivity index (χ4v) is 3.27. The molecule has 0 aromatic carbocycles. The van der Waals surface area contributed by atoms with Gasteiger partial charge in [0.15, 0.2) is 0 Å². The van der Waals surface area contributed by atoms with Crippen LogP contribution in [0.5, 0.6) is 0 Å². The van der Waals surface area contributed by atoms with Gasteiger partial charge in [-0.1, -0.05) is 21.9 Å². The summed E-state index contributed by atoms with van der Waals surface area (Å²) in [6, 6.07) is 3.67. The Hall–Kier alpha value is -0.910. The molecule has 2 aromatic heterocycles. The van der Waals surface area contributed by atoms with Gasteiger partial charge in [0.25, 0.3) is 4.74 Å². The molecule has 0 aliphatic rings. The van der Waals surface area contributed by atoms with E-state index in [0.29, 0.717) is 5.00 Å². The number of pyridine rings is 1. The van der Waals surface area contributed by atoms with Gasteiger partial charge in [-0.25, -0.2) is 0 Å². The van der Waals surface area contributed by atoms with Crippen molar-refractivity contribution in [1.29, 1.82) is 0 Å². The summed E-state index contributed by atoms with van der Waals surface area (Å²) in [6.45, 7) is 0. The van der Waals surface area contributed by atoms with Crippen molar-refractivity contribution in [2.45, 2.75) is 0 Å². The molecule has 3 nitrogen and oxygen atoms in total. The van der Waals surface area contributed by atoms with Crippen LogP contribution < -0.4 is 10.1 Å². The van der Waals surface area contributed by atoms with Gasteiger partial charge in [0, 0.05) is 6.20 Å². The smallest absolute Gasteiger partial charge is 0.263 e. The van der Waals surface area contributed by atoms with E-state index in [4.69, 9.17) is 11.6 Å². The highest BCUT2D eigenvalue weighted by Gasteiger charge is 2.07. The first-order valence-electron chi connectivity index (χ1n) is 3.73. The van der Waals surface area contributed by atoms with Gasteiger partial charge in [-0.3, -0.25) is 9.78 Å². The summed E-state index contributed by atoms with van der Waals surface area (Å²) in [5.74, 6) is 0. The van der Waals surface area contributed by atoms with E-state index >= 15 is 0 Å². The van der Waals surface area contributed by atoms with Crippen LogP contribution in [0, 0.1) is 0 Å². The van der Waals surface area contributed by atoms with Crippen molar-refractivity contribution in [1.82, 2.24) is 4.98 Å². The van der Waals surface area contributed by atoms with Crippen LogP contribution in [0.4, 0.5) is 10.7 Å². The molecule has 0 atom stereocenters. The molecular formula is C8H5ClN2OS2. The van der Waals surface area contributed by atoms with Crippen molar-refractivity contribution >= 4 is 43.0 Å². The molecule has 2 aromatic rings. The van der Waals surface area contributed by atoms with E-state index in [-0.39, 0.29) is 9.77 Å². The van der Waals surface area contributed by atoms with Gasteiger partial charge in [0.2, 0.25) is 0 Å². The second kappa shape index (κ2) is 4.08. The molecule has 6 heteroatoms. The molecule has 72 valence electrons. The monoisotopic (exact) mass is 244 g/mol. The average molecular weight is 245 g/mol. The lowest BCUT2D eigenvalue weighted by atomic mass is 10.4. The van der Waals surface area contributed by atoms with Crippen LogP contribution >= 0.6 is 32.3 Å². The first-order chi connectivity index (χ1) is 6.77. The fraction of sp³-hybridized carbons (Fsp3) is 0. The summed E-state index contributed by atoms with van der Waals surface area (Å²) >= 11 is 5.78. The van der Waals surface area contributed by atoms with E-state index in [1.807, 2.05) is 12.1 Å².